The van der Waals surface area contributed by atoms with Crippen LogP contribution in [0, 0.1) is 5.92 Å². The molecule has 2 N–H and O–H groups in total. The van der Waals surface area contributed by atoms with E-state index >= 15 is 0 Å². The van der Waals surface area contributed by atoms with Gasteiger partial charge < -0.3 is 15.4 Å². The van der Waals surface area contributed by atoms with Crippen molar-refractivity contribution in [2.75, 3.05) is 12.4 Å². The minimum atomic E-state index is -0.617. The van der Waals surface area contributed by atoms with Gasteiger partial charge in [-0.05, 0) is 37.5 Å². The molecule has 0 radical (unpaired) electrons. The molecule has 0 spiro atoms. The van der Waals surface area contributed by atoms with Crippen molar-refractivity contribution in [2.24, 2.45) is 5.92 Å². The topological polar surface area (TPSA) is 67.4 Å². The third-order valence-corrected chi connectivity index (χ3v) is 5.53. The van der Waals surface area contributed by atoms with E-state index in [0.29, 0.717) is 28.1 Å². The highest BCUT2D eigenvalue weighted by Crippen LogP contribution is 2.28. The van der Waals surface area contributed by atoms with Gasteiger partial charge in [-0.2, -0.15) is 0 Å². The van der Waals surface area contributed by atoms with Crippen LogP contribution in [-0.2, 0) is 14.3 Å². The number of anilines is 1. The number of ether oxygens (including phenoxy) is 1. The molecule has 0 saturated heterocycles. The van der Waals surface area contributed by atoms with Crippen molar-refractivity contribution in [3.63, 3.8) is 0 Å². The molecule has 26 heavy (non-hydrogen) atoms. The SMILES string of the molecule is COC(=O)[C@H](CC1CCCCC1)NC(=O)C(C)Nc1ccc(Cl)c(Cl)c1. The zero-order valence-electron chi connectivity index (χ0n) is 15.2. The molecule has 1 unspecified atom stereocenters. The first-order valence-electron chi connectivity index (χ1n) is 9.00. The molecule has 1 aliphatic rings. The Kier molecular flexibility index (Phi) is 8.04. The molecule has 5 nitrogen and oxygen atoms in total. The standard InChI is InChI=1S/C19H26Cl2N2O3/c1-12(22-14-8-9-15(20)16(21)11-14)18(24)23-17(19(25)26-2)10-13-6-4-3-5-7-13/h8-9,11-13,17,22H,3-7,10H2,1-2H3,(H,23,24)/t12?,17-/m0/s1. The second-order valence-electron chi connectivity index (χ2n) is 6.82. The van der Waals surface area contributed by atoms with Crippen molar-refractivity contribution in [3.05, 3.63) is 28.2 Å². The summed E-state index contributed by atoms with van der Waals surface area (Å²) in [5.41, 5.74) is 0.684. The second kappa shape index (κ2) is 10.0. The van der Waals surface area contributed by atoms with Crippen molar-refractivity contribution in [2.45, 2.75) is 57.5 Å². The van der Waals surface area contributed by atoms with Gasteiger partial charge in [0.05, 0.1) is 17.2 Å². The number of amides is 1. The fraction of sp³-hybridized carbons (Fsp3) is 0.579. The molecule has 1 aliphatic carbocycles. The minimum Gasteiger partial charge on any atom is -0.467 e. The van der Waals surface area contributed by atoms with Crippen molar-refractivity contribution in [1.29, 1.82) is 0 Å². The first-order chi connectivity index (χ1) is 12.4. The number of benzene rings is 1. The lowest BCUT2D eigenvalue weighted by Gasteiger charge is -2.26. The molecular formula is C19H26Cl2N2O3. The van der Waals surface area contributed by atoms with Crippen LogP contribution in [0.25, 0.3) is 0 Å². The number of halogens is 2. The molecule has 1 amide bonds. The van der Waals surface area contributed by atoms with E-state index < -0.39 is 18.1 Å². The van der Waals surface area contributed by atoms with Gasteiger partial charge in [0.1, 0.15) is 12.1 Å². The first-order valence-corrected chi connectivity index (χ1v) is 9.76. The van der Waals surface area contributed by atoms with Gasteiger partial charge in [-0.3, -0.25) is 4.79 Å². The lowest BCUT2D eigenvalue weighted by atomic mass is 9.85. The van der Waals surface area contributed by atoms with Crippen LogP contribution in [0.15, 0.2) is 18.2 Å². The molecule has 1 aromatic carbocycles. The van der Waals surface area contributed by atoms with Gasteiger partial charge in [-0.15, -0.1) is 0 Å². The molecule has 1 saturated carbocycles. The molecule has 2 rings (SSSR count). The van der Waals surface area contributed by atoms with Crippen molar-refractivity contribution < 1.29 is 14.3 Å². The number of carbonyl (C=O) groups is 2. The second-order valence-corrected chi connectivity index (χ2v) is 7.63. The maximum atomic E-state index is 12.5. The molecule has 7 heteroatoms. The Morgan fingerprint density at radius 2 is 1.88 bits per heavy atom. The molecule has 2 atom stereocenters. The summed E-state index contributed by atoms with van der Waals surface area (Å²) in [5.74, 6) is -0.209. The van der Waals surface area contributed by atoms with E-state index in [1.807, 2.05) is 0 Å². The minimum absolute atomic E-state index is 0.262. The number of hydrogen-bond acceptors (Lipinski definition) is 4. The molecule has 1 fully saturated rings. The summed E-state index contributed by atoms with van der Waals surface area (Å²) in [6.07, 6.45) is 6.43. The Balaban J connectivity index is 1.95. The van der Waals surface area contributed by atoms with E-state index in [1.54, 1.807) is 25.1 Å². The predicted molar refractivity (Wildman–Crippen MR) is 105 cm³/mol. The lowest BCUT2D eigenvalue weighted by Crippen LogP contribution is -2.48. The molecule has 0 bridgehead atoms. The van der Waals surface area contributed by atoms with Gasteiger partial charge in [-0.25, -0.2) is 4.79 Å². The fourth-order valence-corrected chi connectivity index (χ4v) is 3.61. The number of methoxy groups -OCH3 is 1. The zero-order valence-corrected chi connectivity index (χ0v) is 16.7. The van der Waals surface area contributed by atoms with Crippen LogP contribution in [0.3, 0.4) is 0 Å². The van der Waals surface area contributed by atoms with Gasteiger partial charge >= 0.3 is 5.97 Å². The third-order valence-electron chi connectivity index (χ3n) is 4.79. The summed E-state index contributed by atoms with van der Waals surface area (Å²) in [7, 11) is 1.35. The normalized spacial score (nSPS) is 17.2. The Hall–Kier alpha value is -1.46. The van der Waals surface area contributed by atoms with Crippen LogP contribution >= 0.6 is 23.2 Å². The average Bonchev–Trinajstić information content (AvgIpc) is 2.64. The summed E-state index contributed by atoms with van der Waals surface area (Å²) in [6.45, 7) is 1.73. The van der Waals surface area contributed by atoms with Crippen LogP contribution < -0.4 is 10.6 Å². The molecular weight excluding hydrogens is 375 g/mol. The Bertz CT molecular complexity index is 633. The Labute approximate surface area is 164 Å². The number of esters is 1. The highest BCUT2D eigenvalue weighted by molar-refractivity contribution is 6.42. The van der Waals surface area contributed by atoms with Crippen molar-refractivity contribution in [3.8, 4) is 0 Å². The molecule has 0 aliphatic heterocycles. The van der Waals surface area contributed by atoms with E-state index in [-0.39, 0.29) is 5.91 Å². The number of carbonyl (C=O) groups excluding carboxylic acids is 2. The van der Waals surface area contributed by atoms with Gasteiger partial charge in [0.2, 0.25) is 5.91 Å². The monoisotopic (exact) mass is 400 g/mol. The largest absolute Gasteiger partial charge is 0.467 e. The quantitative estimate of drug-likeness (QED) is 0.664. The summed E-state index contributed by atoms with van der Waals surface area (Å²) in [6, 6.07) is 3.92. The maximum absolute atomic E-state index is 12.5. The molecule has 0 aromatic heterocycles. The molecule has 1 aromatic rings. The zero-order chi connectivity index (χ0) is 19.1. The van der Waals surface area contributed by atoms with E-state index in [0.717, 1.165) is 12.8 Å². The van der Waals surface area contributed by atoms with E-state index in [4.69, 9.17) is 27.9 Å². The summed E-state index contributed by atoms with van der Waals surface area (Å²) in [4.78, 5) is 24.6. The van der Waals surface area contributed by atoms with Crippen LogP contribution in [-0.4, -0.2) is 31.1 Å². The van der Waals surface area contributed by atoms with Crippen LogP contribution in [0.2, 0.25) is 10.0 Å². The summed E-state index contributed by atoms with van der Waals surface area (Å²) < 4.78 is 4.88. The highest BCUT2D eigenvalue weighted by atomic mass is 35.5. The summed E-state index contributed by atoms with van der Waals surface area (Å²) in [5, 5.41) is 6.76. The van der Waals surface area contributed by atoms with E-state index in [1.165, 1.54) is 26.4 Å². The predicted octanol–water partition coefficient (Wildman–Crippen LogP) is 4.42. The molecule has 0 heterocycles. The lowest BCUT2D eigenvalue weighted by molar-refractivity contribution is -0.145. The van der Waals surface area contributed by atoms with Crippen molar-refractivity contribution >= 4 is 40.8 Å². The Morgan fingerprint density at radius 3 is 2.50 bits per heavy atom. The molecule has 144 valence electrons. The van der Waals surface area contributed by atoms with E-state index in [9.17, 15) is 9.59 Å². The maximum Gasteiger partial charge on any atom is 0.328 e. The van der Waals surface area contributed by atoms with Crippen LogP contribution in [0.4, 0.5) is 5.69 Å². The van der Waals surface area contributed by atoms with Gasteiger partial charge in [0.25, 0.3) is 0 Å². The van der Waals surface area contributed by atoms with Crippen molar-refractivity contribution in [1.82, 2.24) is 5.32 Å². The van der Waals surface area contributed by atoms with Crippen LogP contribution in [0.5, 0.6) is 0 Å². The smallest absolute Gasteiger partial charge is 0.328 e. The number of hydrogen-bond donors (Lipinski definition) is 2. The number of nitrogens with one attached hydrogen (secondary N) is 2. The van der Waals surface area contributed by atoms with E-state index in [2.05, 4.69) is 10.6 Å². The first kappa shape index (κ1) is 20.8. The van der Waals surface area contributed by atoms with Crippen LogP contribution in [0.1, 0.15) is 45.4 Å². The highest BCUT2D eigenvalue weighted by Gasteiger charge is 2.28. The summed E-state index contributed by atoms with van der Waals surface area (Å²) >= 11 is 11.9. The number of rotatable bonds is 7. The van der Waals surface area contributed by atoms with Gasteiger partial charge in [0.15, 0.2) is 0 Å². The van der Waals surface area contributed by atoms with Gasteiger partial charge in [-0.1, -0.05) is 55.3 Å². The fourth-order valence-electron chi connectivity index (χ4n) is 3.31. The average molecular weight is 401 g/mol. The van der Waals surface area contributed by atoms with Gasteiger partial charge in [0, 0.05) is 5.69 Å². The third kappa shape index (κ3) is 6.06. The Morgan fingerprint density at radius 1 is 1.19 bits per heavy atom.